The van der Waals surface area contributed by atoms with E-state index in [9.17, 15) is 4.79 Å². The average Bonchev–Trinajstić information content (AvgIpc) is 2.80. The number of hydrogen-bond acceptors (Lipinski definition) is 6. The Morgan fingerprint density at radius 1 is 0.871 bits per heavy atom. The fourth-order valence-corrected chi connectivity index (χ4v) is 3.43. The summed E-state index contributed by atoms with van der Waals surface area (Å²) >= 11 is 0. The average molecular weight is 413 g/mol. The minimum atomic E-state index is -0.135. The molecule has 0 radical (unpaired) electrons. The molecule has 0 bridgehead atoms. The van der Waals surface area contributed by atoms with Crippen LogP contribution >= 0.6 is 0 Å². The number of amides is 1. The molecule has 3 heterocycles. The second kappa shape index (κ2) is 9.77. The highest BCUT2D eigenvalue weighted by Crippen LogP contribution is 2.29. The molecule has 0 atom stereocenters. The monoisotopic (exact) mass is 413 g/mol. The molecule has 4 aromatic rings. The van der Waals surface area contributed by atoms with Gasteiger partial charge in [-0.1, -0.05) is 12.1 Å². The van der Waals surface area contributed by atoms with Gasteiger partial charge in [0, 0.05) is 37.1 Å². The number of fused-ring (bicyclic) bond motifs is 1. The first-order valence-corrected chi connectivity index (χ1v) is 9.96. The molecular formula is C24H23N5O2. The van der Waals surface area contributed by atoms with Crippen LogP contribution in [0, 0.1) is 0 Å². The van der Waals surface area contributed by atoms with Crippen molar-refractivity contribution in [3.8, 4) is 5.75 Å². The Kier molecular flexibility index (Phi) is 6.44. The summed E-state index contributed by atoms with van der Waals surface area (Å²) in [5.41, 5.74) is 3.12. The number of aromatic nitrogens is 3. The van der Waals surface area contributed by atoms with Gasteiger partial charge >= 0.3 is 0 Å². The van der Waals surface area contributed by atoms with Crippen LogP contribution in [-0.4, -0.2) is 39.4 Å². The van der Waals surface area contributed by atoms with E-state index >= 15 is 0 Å². The molecule has 0 aliphatic rings. The van der Waals surface area contributed by atoms with Crippen LogP contribution < -0.4 is 10.1 Å². The molecule has 0 aliphatic heterocycles. The number of carbonyl (C=O) groups is 1. The number of ether oxygens (including phenoxy) is 1. The molecule has 4 rings (SSSR count). The topological polar surface area (TPSA) is 80.2 Å². The lowest BCUT2D eigenvalue weighted by Gasteiger charge is -2.21. The zero-order valence-electron chi connectivity index (χ0n) is 17.2. The molecule has 0 fully saturated rings. The number of benzene rings is 1. The third kappa shape index (κ3) is 5.21. The molecule has 1 aromatic carbocycles. The van der Waals surface area contributed by atoms with E-state index < -0.39 is 0 Å². The van der Waals surface area contributed by atoms with Crippen LogP contribution in [-0.2, 0) is 17.9 Å². The van der Waals surface area contributed by atoms with E-state index in [1.807, 2.05) is 65.6 Å². The summed E-state index contributed by atoms with van der Waals surface area (Å²) in [4.78, 5) is 28.2. The third-order valence-corrected chi connectivity index (χ3v) is 4.81. The molecule has 3 aromatic heterocycles. The zero-order valence-corrected chi connectivity index (χ0v) is 17.2. The predicted molar refractivity (Wildman–Crippen MR) is 120 cm³/mol. The maximum Gasteiger partial charge on any atom is 0.238 e. The van der Waals surface area contributed by atoms with Gasteiger partial charge in [-0.25, -0.2) is 0 Å². The number of rotatable bonds is 8. The maximum absolute atomic E-state index is 12.9. The summed E-state index contributed by atoms with van der Waals surface area (Å²) < 4.78 is 5.41. The summed E-state index contributed by atoms with van der Waals surface area (Å²) in [5, 5.41) is 3.85. The van der Waals surface area contributed by atoms with Crippen molar-refractivity contribution in [1.82, 2.24) is 19.9 Å². The Morgan fingerprint density at radius 2 is 1.55 bits per heavy atom. The van der Waals surface area contributed by atoms with Gasteiger partial charge in [0.05, 0.1) is 36.2 Å². The highest BCUT2D eigenvalue weighted by Gasteiger charge is 2.15. The Hall–Kier alpha value is -3.84. The summed E-state index contributed by atoms with van der Waals surface area (Å²) in [6, 6.07) is 18.9. The van der Waals surface area contributed by atoms with Crippen molar-refractivity contribution in [1.29, 1.82) is 0 Å². The number of carbonyl (C=O) groups excluding carboxylic acids is 1. The largest absolute Gasteiger partial charge is 0.496 e. The first-order valence-electron chi connectivity index (χ1n) is 9.96. The Balaban J connectivity index is 1.53. The van der Waals surface area contributed by atoms with Crippen LogP contribution in [0.3, 0.4) is 0 Å². The molecule has 0 spiro atoms. The zero-order chi connectivity index (χ0) is 21.5. The number of hydrogen-bond donors (Lipinski definition) is 1. The van der Waals surface area contributed by atoms with Crippen molar-refractivity contribution in [2.75, 3.05) is 19.0 Å². The minimum absolute atomic E-state index is 0.135. The first kappa shape index (κ1) is 20.4. The number of anilines is 1. The minimum Gasteiger partial charge on any atom is -0.496 e. The van der Waals surface area contributed by atoms with Gasteiger partial charge in [0.15, 0.2) is 0 Å². The van der Waals surface area contributed by atoms with Gasteiger partial charge in [-0.2, -0.15) is 0 Å². The van der Waals surface area contributed by atoms with Crippen molar-refractivity contribution in [3.05, 3.63) is 90.6 Å². The van der Waals surface area contributed by atoms with Gasteiger partial charge in [0.2, 0.25) is 5.91 Å². The fraction of sp³-hybridized carbons (Fsp3) is 0.167. The normalized spacial score (nSPS) is 10.9. The lowest BCUT2D eigenvalue weighted by molar-refractivity contribution is -0.117. The van der Waals surface area contributed by atoms with E-state index in [1.54, 1.807) is 25.7 Å². The molecule has 0 unspecified atom stereocenters. The molecular weight excluding hydrogens is 390 g/mol. The van der Waals surface area contributed by atoms with Crippen molar-refractivity contribution in [2.24, 2.45) is 0 Å². The fourth-order valence-electron chi connectivity index (χ4n) is 3.43. The van der Waals surface area contributed by atoms with Gasteiger partial charge in [0.25, 0.3) is 0 Å². The van der Waals surface area contributed by atoms with E-state index in [4.69, 9.17) is 4.74 Å². The third-order valence-electron chi connectivity index (χ3n) is 4.81. The summed E-state index contributed by atoms with van der Waals surface area (Å²) in [7, 11) is 1.62. The van der Waals surface area contributed by atoms with Crippen LogP contribution in [0.4, 0.5) is 5.69 Å². The van der Waals surface area contributed by atoms with E-state index in [0.29, 0.717) is 30.0 Å². The van der Waals surface area contributed by atoms with Crippen molar-refractivity contribution < 1.29 is 9.53 Å². The van der Waals surface area contributed by atoms with Crippen molar-refractivity contribution >= 4 is 22.5 Å². The molecule has 7 nitrogen and oxygen atoms in total. The van der Waals surface area contributed by atoms with E-state index in [1.165, 1.54) is 0 Å². The summed E-state index contributed by atoms with van der Waals surface area (Å²) in [5.74, 6) is 0.581. The van der Waals surface area contributed by atoms with E-state index in [0.717, 1.165) is 16.8 Å². The second-order valence-corrected chi connectivity index (χ2v) is 7.05. The van der Waals surface area contributed by atoms with Gasteiger partial charge in [0.1, 0.15) is 5.75 Å². The summed E-state index contributed by atoms with van der Waals surface area (Å²) in [6.45, 7) is 1.26. The molecule has 1 N–H and O–H groups in total. The molecule has 156 valence electrons. The highest BCUT2D eigenvalue weighted by atomic mass is 16.5. The van der Waals surface area contributed by atoms with E-state index in [2.05, 4.69) is 20.3 Å². The highest BCUT2D eigenvalue weighted by molar-refractivity contribution is 6.02. The molecule has 0 saturated heterocycles. The van der Waals surface area contributed by atoms with Crippen LogP contribution in [0.2, 0.25) is 0 Å². The van der Waals surface area contributed by atoms with Crippen LogP contribution in [0.1, 0.15) is 11.4 Å². The van der Waals surface area contributed by atoms with Gasteiger partial charge in [-0.3, -0.25) is 24.6 Å². The quantitative estimate of drug-likeness (QED) is 0.475. The standard InChI is InChI=1S/C24H23N5O2/c1-31-22-11-10-21(24-20(22)9-6-14-27-24)28-23(30)17-29(15-18-7-2-4-12-25-18)16-19-8-3-5-13-26-19/h2-14H,15-17H2,1H3,(H,28,30). The SMILES string of the molecule is COc1ccc(NC(=O)CN(Cc2ccccn2)Cc2ccccn2)c2ncccc12. The maximum atomic E-state index is 12.9. The summed E-state index contributed by atoms with van der Waals surface area (Å²) in [6.07, 6.45) is 5.21. The first-order chi connectivity index (χ1) is 15.2. The van der Waals surface area contributed by atoms with Crippen LogP contribution in [0.5, 0.6) is 5.75 Å². The van der Waals surface area contributed by atoms with Gasteiger partial charge in [-0.05, 0) is 48.5 Å². The molecule has 0 aliphatic carbocycles. The predicted octanol–water partition coefficient (Wildman–Crippen LogP) is 3.67. The van der Waals surface area contributed by atoms with Gasteiger partial charge < -0.3 is 10.1 Å². The van der Waals surface area contributed by atoms with Crippen LogP contribution in [0.25, 0.3) is 10.9 Å². The smallest absolute Gasteiger partial charge is 0.238 e. The Bertz CT molecular complexity index is 1110. The van der Waals surface area contributed by atoms with Crippen LogP contribution in [0.15, 0.2) is 79.3 Å². The number of pyridine rings is 3. The number of nitrogens with zero attached hydrogens (tertiary/aromatic N) is 4. The Labute approximate surface area is 180 Å². The molecule has 1 amide bonds. The van der Waals surface area contributed by atoms with Crippen molar-refractivity contribution in [2.45, 2.75) is 13.1 Å². The van der Waals surface area contributed by atoms with Gasteiger partial charge in [-0.15, -0.1) is 0 Å². The number of methoxy groups -OCH3 is 1. The molecule has 31 heavy (non-hydrogen) atoms. The Morgan fingerprint density at radius 3 is 2.16 bits per heavy atom. The number of nitrogens with one attached hydrogen (secondary N) is 1. The lowest BCUT2D eigenvalue weighted by atomic mass is 10.1. The van der Waals surface area contributed by atoms with Crippen molar-refractivity contribution in [3.63, 3.8) is 0 Å². The molecule has 7 heteroatoms. The lowest BCUT2D eigenvalue weighted by Crippen LogP contribution is -2.33. The second-order valence-electron chi connectivity index (χ2n) is 7.05. The van der Waals surface area contributed by atoms with E-state index in [-0.39, 0.29) is 12.5 Å². The molecule has 0 saturated carbocycles.